The molecule has 0 radical (unpaired) electrons. The fourth-order valence-corrected chi connectivity index (χ4v) is 1.99. The van der Waals surface area contributed by atoms with Crippen LogP contribution in [0.5, 0.6) is 0 Å². The second-order valence-electron chi connectivity index (χ2n) is 4.69. The zero-order valence-electron chi connectivity index (χ0n) is 12.5. The van der Waals surface area contributed by atoms with Crippen LogP contribution in [-0.2, 0) is 11.2 Å². The van der Waals surface area contributed by atoms with Gasteiger partial charge in [-0.1, -0.05) is 6.07 Å². The van der Waals surface area contributed by atoms with Crippen LogP contribution >= 0.6 is 0 Å². The number of nitrogens with one attached hydrogen (secondary N) is 1. The minimum atomic E-state index is 0.482. The number of aliphatic imine (C=N–C) groups is 1. The van der Waals surface area contributed by atoms with Gasteiger partial charge in [0.1, 0.15) is 5.65 Å². The molecule has 6 heteroatoms. The second-order valence-corrected chi connectivity index (χ2v) is 4.69. The van der Waals surface area contributed by atoms with Crippen molar-refractivity contribution < 1.29 is 4.74 Å². The number of aromatic nitrogens is 2. The molecule has 21 heavy (non-hydrogen) atoms. The standard InChI is InChI=1S/C15H23N5O/c1-2-21-11-5-8-17-15(16)18-9-7-13-12-20-10-4-3-6-14(20)19-13/h3-4,6,10,12H,2,5,7-9,11H2,1H3,(H3,16,17,18). The van der Waals surface area contributed by atoms with Crippen molar-refractivity contribution in [1.29, 1.82) is 0 Å². The number of hydrogen-bond donors (Lipinski definition) is 2. The van der Waals surface area contributed by atoms with E-state index in [9.17, 15) is 0 Å². The fraction of sp³-hybridized carbons (Fsp3) is 0.467. The Balaban J connectivity index is 1.69. The Morgan fingerprint density at radius 3 is 3.19 bits per heavy atom. The van der Waals surface area contributed by atoms with Crippen LogP contribution in [0.15, 0.2) is 35.6 Å². The zero-order chi connectivity index (χ0) is 14.9. The summed E-state index contributed by atoms with van der Waals surface area (Å²) in [5.41, 5.74) is 7.80. The minimum absolute atomic E-state index is 0.482. The lowest BCUT2D eigenvalue weighted by molar-refractivity contribution is 0.146. The van der Waals surface area contributed by atoms with E-state index in [0.29, 0.717) is 12.5 Å². The maximum absolute atomic E-state index is 5.80. The first-order valence-corrected chi connectivity index (χ1v) is 7.33. The van der Waals surface area contributed by atoms with Crippen LogP contribution in [0.3, 0.4) is 0 Å². The Labute approximate surface area is 125 Å². The van der Waals surface area contributed by atoms with E-state index >= 15 is 0 Å². The van der Waals surface area contributed by atoms with E-state index in [2.05, 4.69) is 15.3 Å². The number of guanidine groups is 1. The molecule has 0 fully saturated rings. The molecular weight excluding hydrogens is 266 g/mol. The van der Waals surface area contributed by atoms with Crippen LogP contribution in [0.1, 0.15) is 19.0 Å². The third-order valence-electron chi connectivity index (χ3n) is 3.03. The lowest BCUT2D eigenvalue weighted by Crippen LogP contribution is -2.33. The van der Waals surface area contributed by atoms with Gasteiger partial charge in [0.2, 0.25) is 0 Å². The number of imidazole rings is 1. The van der Waals surface area contributed by atoms with Crippen LogP contribution in [0.4, 0.5) is 0 Å². The molecule has 0 aliphatic carbocycles. The van der Waals surface area contributed by atoms with Gasteiger partial charge >= 0.3 is 0 Å². The first-order valence-electron chi connectivity index (χ1n) is 7.33. The zero-order valence-corrected chi connectivity index (χ0v) is 12.5. The first-order chi connectivity index (χ1) is 10.3. The molecule has 0 bridgehead atoms. The summed E-state index contributed by atoms with van der Waals surface area (Å²) in [7, 11) is 0. The molecule has 2 heterocycles. The van der Waals surface area contributed by atoms with Gasteiger partial charge in [-0.25, -0.2) is 4.98 Å². The van der Waals surface area contributed by atoms with Gasteiger partial charge in [-0.05, 0) is 25.5 Å². The Hall–Kier alpha value is -2.08. The van der Waals surface area contributed by atoms with Crippen LogP contribution < -0.4 is 11.1 Å². The Kier molecular flexibility index (Phi) is 6.02. The Morgan fingerprint density at radius 1 is 1.48 bits per heavy atom. The van der Waals surface area contributed by atoms with Crippen molar-refractivity contribution in [2.75, 3.05) is 26.3 Å². The smallest absolute Gasteiger partial charge is 0.188 e. The number of pyridine rings is 1. The maximum Gasteiger partial charge on any atom is 0.188 e. The lowest BCUT2D eigenvalue weighted by Gasteiger charge is -2.04. The van der Waals surface area contributed by atoms with Crippen molar-refractivity contribution in [2.45, 2.75) is 19.8 Å². The molecule has 0 aliphatic heterocycles. The predicted octanol–water partition coefficient (Wildman–Crippen LogP) is 1.21. The largest absolute Gasteiger partial charge is 0.382 e. The molecule has 114 valence electrons. The number of rotatable bonds is 8. The minimum Gasteiger partial charge on any atom is -0.382 e. The van der Waals surface area contributed by atoms with Crippen molar-refractivity contribution in [3.05, 3.63) is 36.3 Å². The number of nitrogens with zero attached hydrogens (tertiary/aromatic N) is 3. The number of fused-ring (bicyclic) bond motifs is 1. The highest BCUT2D eigenvalue weighted by Gasteiger charge is 2.00. The summed E-state index contributed by atoms with van der Waals surface area (Å²) in [4.78, 5) is 8.78. The second kappa shape index (κ2) is 8.26. The number of nitrogens with two attached hydrogens (primary N) is 1. The predicted molar refractivity (Wildman–Crippen MR) is 84.5 cm³/mol. The molecule has 0 atom stereocenters. The lowest BCUT2D eigenvalue weighted by atomic mass is 10.3. The van der Waals surface area contributed by atoms with Crippen LogP contribution in [0.2, 0.25) is 0 Å². The van der Waals surface area contributed by atoms with Gasteiger partial charge < -0.3 is 20.2 Å². The number of ether oxygens (including phenoxy) is 1. The molecule has 2 rings (SSSR count). The molecule has 2 aromatic rings. The average Bonchev–Trinajstić information content (AvgIpc) is 2.89. The normalized spacial score (nSPS) is 12.0. The van der Waals surface area contributed by atoms with E-state index in [1.165, 1.54) is 0 Å². The summed E-state index contributed by atoms with van der Waals surface area (Å²) in [5.74, 6) is 0.482. The number of hydrogen-bond acceptors (Lipinski definition) is 3. The van der Waals surface area contributed by atoms with Crippen molar-refractivity contribution in [1.82, 2.24) is 14.7 Å². The van der Waals surface area contributed by atoms with E-state index in [4.69, 9.17) is 10.5 Å². The summed E-state index contributed by atoms with van der Waals surface area (Å²) >= 11 is 0. The highest BCUT2D eigenvalue weighted by atomic mass is 16.5. The highest BCUT2D eigenvalue weighted by Crippen LogP contribution is 2.04. The van der Waals surface area contributed by atoms with E-state index < -0.39 is 0 Å². The quantitative estimate of drug-likeness (QED) is 0.435. The third kappa shape index (κ3) is 5.07. The molecule has 0 aromatic carbocycles. The summed E-state index contributed by atoms with van der Waals surface area (Å²) in [6.07, 6.45) is 5.74. The molecular formula is C15H23N5O. The van der Waals surface area contributed by atoms with Crippen molar-refractivity contribution in [2.24, 2.45) is 10.7 Å². The summed E-state index contributed by atoms with van der Waals surface area (Å²) in [5, 5.41) is 3.10. The van der Waals surface area contributed by atoms with Gasteiger partial charge in [0, 0.05) is 45.1 Å². The maximum atomic E-state index is 5.80. The molecule has 0 saturated heterocycles. The van der Waals surface area contributed by atoms with Gasteiger partial charge in [-0.2, -0.15) is 0 Å². The molecule has 0 amide bonds. The highest BCUT2D eigenvalue weighted by molar-refractivity contribution is 5.77. The summed E-state index contributed by atoms with van der Waals surface area (Å²) < 4.78 is 7.26. The molecule has 2 aromatic heterocycles. The summed E-state index contributed by atoms with van der Waals surface area (Å²) in [6, 6.07) is 5.96. The van der Waals surface area contributed by atoms with Gasteiger partial charge in [-0.3, -0.25) is 4.99 Å². The molecule has 0 unspecified atom stereocenters. The Bertz CT molecular complexity index is 545. The van der Waals surface area contributed by atoms with Gasteiger partial charge in [0.15, 0.2) is 5.96 Å². The van der Waals surface area contributed by atoms with E-state index in [1.807, 2.05) is 41.9 Å². The van der Waals surface area contributed by atoms with Gasteiger partial charge in [0.25, 0.3) is 0 Å². The average molecular weight is 289 g/mol. The van der Waals surface area contributed by atoms with E-state index in [0.717, 1.165) is 43.9 Å². The molecule has 0 saturated carbocycles. The molecule has 3 N–H and O–H groups in total. The fourth-order valence-electron chi connectivity index (χ4n) is 1.99. The van der Waals surface area contributed by atoms with Crippen molar-refractivity contribution in [3.8, 4) is 0 Å². The molecule has 6 nitrogen and oxygen atoms in total. The van der Waals surface area contributed by atoms with Crippen LogP contribution in [0.25, 0.3) is 5.65 Å². The van der Waals surface area contributed by atoms with Gasteiger partial charge in [0.05, 0.1) is 5.69 Å². The monoisotopic (exact) mass is 289 g/mol. The van der Waals surface area contributed by atoms with Crippen LogP contribution in [0, 0.1) is 0 Å². The first kappa shape index (κ1) is 15.3. The molecule has 0 spiro atoms. The van der Waals surface area contributed by atoms with E-state index in [-0.39, 0.29) is 0 Å². The van der Waals surface area contributed by atoms with Crippen molar-refractivity contribution >= 4 is 11.6 Å². The third-order valence-corrected chi connectivity index (χ3v) is 3.03. The SMILES string of the molecule is CCOCCCN=C(N)NCCc1cn2ccccc2n1. The Morgan fingerprint density at radius 2 is 2.38 bits per heavy atom. The topological polar surface area (TPSA) is 76.9 Å². The van der Waals surface area contributed by atoms with E-state index in [1.54, 1.807) is 0 Å². The van der Waals surface area contributed by atoms with Gasteiger partial charge in [-0.15, -0.1) is 0 Å². The molecule has 0 aliphatic rings. The van der Waals surface area contributed by atoms with Crippen molar-refractivity contribution in [3.63, 3.8) is 0 Å². The summed E-state index contributed by atoms with van der Waals surface area (Å²) in [6.45, 7) is 4.88. The van der Waals surface area contributed by atoms with Crippen LogP contribution in [-0.4, -0.2) is 41.6 Å².